The van der Waals surface area contributed by atoms with Crippen LogP contribution in [-0.2, 0) is 26.5 Å². The predicted molar refractivity (Wildman–Crippen MR) is 134 cm³/mol. The summed E-state index contributed by atoms with van der Waals surface area (Å²) in [7, 11) is 0. The second-order valence-corrected chi connectivity index (χ2v) is 11.2. The van der Waals surface area contributed by atoms with Gasteiger partial charge in [-0.25, -0.2) is 0 Å². The van der Waals surface area contributed by atoms with Gasteiger partial charge in [0.05, 0.1) is 5.60 Å². The molecular formula is C28H39N3O5. The summed E-state index contributed by atoms with van der Waals surface area (Å²) in [6.45, 7) is 9.12. The molecule has 0 radical (unpaired) electrons. The molecule has 4 aliphatic heterocycles. The quantitative estimate of drug-likeness (QED) is 0.586. The maximum atomic E-state index is 13.1. The number of fused-ring (bicyclic) bond motifs is 1. The second-order valence-electron chi connectivity index (χ2n) is 11.2. The van der Waals surface area contributed by atoms with Crippen LogP contribution in [0.4, 0.5) is 0 Å². The van der Waals surface area contributed by atoms with Crippen molar-refractivity contribution < 1.29 is 24.2 Å². The van der Waals surface area contributed by atoms with E-state index in [9.17, 15) is 19.5 Å². The van der Waals surface area contributed by atoms with Crippen LogP contribution >= 0.6 is 0 Å². The van der Waals surface area contributed by atoms with Crippen LogP contribution in [0, 0.1) is 11.3 Å². The van der Waals surface area contributed by atoms with E-state index in [1.165, 1.54) is 0 Å². The van der Waals surface area contributed by atoms with Gasteiger partial charge in [0.2, 0.25) is 11.8 Å². The number of aliphatic hydroxyl groups is 1. The number of carbonyl (C=O) groups excluding carboxylic acids is 3. The molecule has 36 heavy (non-hydrogen) atoms. The largest absolute Gasteiger partial charge is 0.384 e. The van der Waals surface area contributed by atoms with Crippen molar-refractivity contribution in [2.24, 2.45) is 11.3 Å². The first kappa shape index (κ1) is 25.4. The van der Waals surface area contributed by atoms with Gasteiger partial charge < -0.3 is 19.6 Å². The van der Waals surface area contributed by atoms with Crippen LogP contribution in [-0.4, -0.2) is 71.5 Å². The van der Waals surface area contributed by atoms with E-state index in [0.717, 1.165) is 69.7 Å². The van der Waals surface area contributed by atoms with E-state index in [1.807, 2.05) is 18.2 Å². The molecule has 1 aromatic rings. The molecule has 4 heterocycles. The Bertz CT molecular complexity index is 1030. The summed E-state index contributed by atoms with van der Waals surface area (Å²) in [5, 5.41) is 14.7. The minimum atomic E-state index is -0.983. The molecule has 0 saturated carbocycles. The highest BCUT2D eigenvalue weighted by Crippen LogP contribution is 2.51. The zero-order chi connectivity index (χ0) is 25.5. The Morgan fingerprint density at radius 2 is 1.86 bits per heavy atom. The van der Waals surface area contributed by atoms with Gasteiger partial charge in [-0.2, -0.15) is 0 Å². The number of benzene rings is 1. The number of likely N-dealkylation sites (tertiary alicyclic amines) is 1. The first-order valence-electron chi connectivity index (χ1n) is 13.6. The zero-order valence-corrected chi connectivity index (χ0v) is 21.6. The van der Waals surface area contributed by atoms with Crippen molar-refractivity contribution in [3.63, 3.8) is 0 Å². The normalized spacial score (nSPS) is 29.4. The van der Waals surface area contributed by atoms with Crippen molar-refractivity contribution in [2.75, 3.05) is 32.8 Å². The molecule has 2 N–H and O–H groups in total. The molecule has 3 fully saturated rings. The maximum absolute atomic E-state index is 13.1. The molecule has 0 bridgehead atoms. The summed E-state index contributed by atoms with van der Waals surface area (Å²) in [5.41, 5.74) is 1.04. The molecule has 1 aromatic carbocycles. The van der Waals surface area contributed by atoms with E-state index in [4.69, 9.17) is 4.74 Å². The lowest BCUT2D eigenvalue weighted by atomic mass is 9.61. The fourth-order valence-corrected chi connectivity index (χ4v) is 7.01. The average Bonchev–Trinajstić information content (AvgIpc) is 3.21. The fourth-order valence-electron chi connectivity index (χ4n) is 7.01. The Labute approximate surface area is 213 Å². The maximum Gasteiger partial charge on any atom is 0.255 e. The van der Waals surface area contributed by atoms with Gasteiger partial charge in [-0.15, -0.1) is 0 Å². The Kier molecular flexibility index (Phi) is 6.96. The third-order valence-electron chi connectivity index (χ3n) is 9.41. The third-order valence-corrected chi connectivity index (χ3v) is 9.41. The SMILES string of the molecule is CCC1(CC)CN(CC2CCOCC2)CCC1(O)c1ccc2c(c1)CN(C1CCC(=O)NC1=O)C2=O. The molecule has 2 atom stereocenters. The first-order chi connectivity index (χ1) is 17.3. The Hall–Kier alpha value is -2.29. The van der Waals surface area contributed by atoms with Gasteiger partial charge in [-0.1, -0.05) is 26.0 Å². The van der Waals surface area contributed by atoms with Gasteiger partial charge in [-0.05, 0) is 61.6 Å². The lowest BCUT2D eigenvalue weighted by Gasteiger charge is -2.54. The van der Waals surface area contributed by atoms with Crippen LogP contribution in [0.5, 0.6) is 0 Å². The molecule has 8 heteroatoms. The number of rotatable bonds is 6. The second kappa shape index (κ2) is 9.88. The molecule has 0 spiro atoms. The minimum absolute atomic E-state index is 0.179. The summed E-state index contributed by atoms with van der Waals surface area (Å²) < 4.78 is 5.54. The highest BCUT2D eigenvalue weighted by molar-refractivity contribution is 6.05. The Morgan fingerprint density at radius 1 is 1.11 bits per heavy atom. The molecule has 8 nitrogen and oxygen atoms in total. The van der Waals surface area contributed by atoms with E-state index in [1.54, 1.807) is 4.90 Å². The lowest BCUT2D eigenvalue weighted by Crippen LogP contribution is -2.58. The highest BCUT2D eigenvalue weighted by Gasteiger charge is 2.53. The van der Waals surface area contributed by atoms with Crippen LogP contribution in [0.3, 0.4) is 0 Å². The summed E-state index contributed by atoms with van der Waals surface area (Å²) in [5.74, 6) is -0.218. The van der Waals surface area contributed by atoms with Crippen LogP contribution in [0.1, 0.15) is 80.3 Å². The van der Waals surface area contributed by atoms with Gasteiger partial charge in [0, 0.05) is 56.8 Å². The van der Waals surface area contributed by atoms with Gasteiger partial charge in [-0.3, -0.25) is 19.7 Å². The summed E-state index contributed by atoms with van der Waals surface area (Å²) in [4.78, 5) is 41.2. The zero-order valence-electron chi connectivity index (χ0n) is 21.6. The number of nitrogens with one attached hydrogen (secondary N) is 1. The van der Waals surface area contributed by atoms with Crippen LogP contribution in [0.15, 0.2) is 18.2 Å². The molecule has 5 rings (SSSR count). The summed E-state index contributed by atoms with van der Waals surface area (Å²) in [6.07, 6.45) is 5.18. The molecule has 4 aliphatic rings. The topological polar surface area (TPSA) is 99.2 Å². The van der Waals surface area contributed by atoms with E-state index in [2.05, 4.69) is 24.1 Å². The van der Waals surface area contributed by atoms with Crippen molar-refractivity contribution >= 4 is 17.7 Å². The number of carbonyl (C=O) groups is 3. The lowest BCUT2D eigenvalue weighted by molar-refractivity contribution is -0.149. The summed E-state index contributed by atoms with van der Waals surface area (Å²) >= 11 is 0. The fraction of sp³-hybridized carbons (Fsp3) is 0.679. The number of hydrogen-bond donors (Lipinski definition) is 2. The van der Waals surface area contributed by atoms with Crippen molar-refractivity contribution in [3.05, 3.63) is 34.9 Å². The smallest absolute Gasteiger partial charge is 0.255 e. The van der Waals surface area contributed by atoms with Crippen LogP contribution in [0.2, 0.25) is 0 Å². The number of ether oxygens (including phenoxy) is 1. The van der Waals surface area contributed by atoms with Crippen LogP contribution in [0.25, 0.3) is 0 Å². The molecule has 3 saturated heterocycles. The monoisotopic (exact) mass is 497 g/mol. The first-order valence-corrected chi connectivity index (χ1v) is 13.6. The van der Waals surface area contributed by atoms with E-state index < -0.39 is 17.6 Å². The predicted octanol–water partition coefficient (Wildman–Crippen LogP) is 2.57. The van der Waals surface area contributed by atoms with Gasteiger partial charge >= 0.3 is 0 Å². The van der Waals surface area contributed by atoms with E-state index in [0.29, 0.717) is 30.9 Å². The minimum Gasteiger partial charge on any atom is -0.384 e. The number of piperidine rings is 2. The third kappa shape index (κ3) is 4.27. The van der Waals surface area contributed by atoms with Crippen molar-refractivity contribution in [2.45, 2.75) is 77.0 Å². The Morgan fingerprint density at radius 3 is 2.56 bits per heavy atom. The molecular weight excluding hydrogens is 458 g/mol. The van der Waals surface area contributed by atoms with Crippen LogP contribution < -0.4 is 5.32 Å². The summed E-state index contributed by atoms with van der Waals surface area (Å²) in [6, 6.07) is 5.10. The van der Waals surface area contributed by atoms with Crippen molar-refractivity contribution in [3.8, 4) is 0 Å². The van der Waals surface area contributed by atoms with E-state index >= 15 is 0 Å². The number of imide groups is 1. The Balaban J connectivity index is 1.37. The van der Waals surface area contributed by atoms with Crippen molar-refractivity contribution in [1.29, 1.82) is 0 Å². The molecule has 0 aromatic heterocycles. The molecule has 196 valence electrons. The van der Waals surface area contributed by atoms with Gasteiger partial charge in [0.1, 0.15) is 6.04 Å². The molecule has 3 amide bonds. The van der Waals surface area contributed by atoms with Gasteiger partial charge in [0.25, 0.3) is 5.91 Å². The van der Waals surface area contributed by atoms with Crippen molar-refractivity contribution in [1.82, 2.24) is 15.1 Å². The number of hydrogen-bond acceptors (Lipinski definition) is 6. The van der Waals surface area contributed by atoms with Gasteiger partial charge in [0.15, 0.2) is 0 Å². The number of nitrogens with zero attached hydrogens (tertiary/aromatic N) is 2. The highest BCUT2D eigenvalue weighted by atomic mass is 16.5. The molecule has 0 aliphatic carbocycles. The molecule has 2 unspecified atom stereocenters. The van der Waals surface area contributed by atoms with E-state index in [-0.39, 0.29) is 23.7 Å². The standard InChI is InChI=1S/C28H39N3O5/c1-3-27(4-2)18-30(16-19-9-13-36-14-10-19)12-11-28(27,35)21-5-6-22-20(15-21)17-31(26(22)34)23-7-8-24(32)29-25(23)33/h5-6,15,19,23,35H,3-4,7-14,16-18H2,1-2H3,(H,29,32,33). The number of amides is 3. The average molecular weight is 498 g/mol.